The predicted molar refractivity (Wildman–Crippen MR) is 73.0 cm³/mol. The molecule has 1 rings (SSSR count). The lowest BCUT2D eigenvalue weighted by Gasteiger charge is -2.08. The molecule has 1 atom stereocenters. The second-order valence-corrected chi connectivity index (χ2v) is 5.40. The summed E-state index contributed by atoms with van der Waals surface area (Å²) in [7, 11) is 0. The number of primary amides is 1. The average Bonchev–Trinajstić information content (AvgIpc) is 2.31. The van der Waals surface area contributed by atoms with Crippen molar-refractivity contribution in [1.82, 2.24) is 5.32 Å². The van der Waals surface area contributed by atoms with E-state index in [9.17, 15) is 4.79 Å². The van der Waals surface area contributed by atoms with Gasteiger partial charge in [0.1, 0.15) is 0 Å². The summed E-state index contributed by atoms with van der Waals surface area (Å²) >= 11 is 1.49. The molecule has 1 aromatic carbocycles. The smallest absolute Gasteiger partial charge is 0.230 e. The first-order valence-corrected chi connectivity index (χ1v) is 6.77. The van der Waals surface area contributed by atoms with Crippen LogP contribution in [0.2, 0.25) is 0 Å². The van der Waals surface area contributed by atoms with E-state index >= 15 is 0 Å². The summed E-state index contributed by atoms with van der Waals surface area (Å²) in [5.74, 6) is -0.274. The molecule has 0 spiro atoms. The zero-order chi connectivity index (χ0) is 12.7. The molecule has 0 aromatic heterocycles. The highest BCUT2D eigenvalue weighted by Crippen LogP contribution is 2.23. The molecule has 0 aliphatic carbocycles. The van der Waals surface area contributed by atoms with E-state index in [4.69, 9.17) is 5.73 Å². The maximum absolute atomic E-state index is 10.9. The van der Waals surface area contributed by atoms with Crippen LogP contribution in [0.25, 0.3) is 0 Å². The van der Waals surface area contributed by atoms with Gasteiger partial charge in [0.05, 0.1) is 5.25 Å². The van der Waals surface area contributed by atoms with Crippen LogP contribution in [0.4, 0.5) is 0 Å². The van der Waals surface area contributed by atoms with Gasteiger partial charge in [-0.3, -0.25) is 4.79 Å². The van der Waals surface area contributed by atoms with E-state index < -0.39 is 0 Å². The Balaban J connectivity index is 2.47. The lowest BCUT2D eigenvalue weighted by Crippen LogP contribution is -2.22. The second-order valence-electron chi connectivity index (χ2n) is 3.98. The molecule has 0 aliphatic rings. The summed E-state index contributed by atoms with van der Waals surface area (Å²) in [5.41, 5.74) is 6.48. The van der Waals surface area contributed by atoms with Crippen molar-refractivity contribution in [3.8, 4) is 0 Å². The molecule has 1 amide bonds. The fraction of sp³-hybridized carbons (Fsp3) is 0.462. The van der Waals surface area contributed by atoms with Crippen LogP contribution < -0.4 is 11.1 Å². The third kappa shape index (κ3) is 5.24. The molecular weight excluding hydrogens is 232 g/mol. The molecule has 1 aromatic rings. The van der Waals surface area contributed by atoms with Gasteiger partial charge in [0.25, 0.3) is 0 Å². The first kappa shape index (κ1) is 14.1. The fourth-order valence-corrected chi connectivity index (χ4v) is 2.18. The minimum atomic E-state index is -0.274. The van der Waals surface area contributed by atoms with E-state index in [1.165, 1.54) is 17.3 Å². The Kier molecular flexibility index (Phi) is 6.08. The van der Waals surface area contributed by atoms with Crippen LogP contribution in [-0.2, 0) is 11.3 Å². The van der Waals surface area contributed by atoms with E-state index in [0.717, 1.165) is 24.4 Å². The topological polar surface area (TPSA) is 55.1 Å². The molecule has 17 heavy (non-hydrogen) atoms. The maximum atomic E-state index is 10.9. The standard InChI is InChI=1S/C13H20N2OS/c1-3-8-15-9-11-4-6-12(7-5-11)17-10(2)13(14)16/h4-7,10,15H,3,8-9H2,1-2H3,(H2,14,16). The van der Waals surface area contributed by atoms with Crippen molar-refractivity contribution in [2.24, 2.45) is 5.73 Å². The van der Waals surface area contributed by atoms with E-state index in [-0.39, 0.29) is 11.2 Å². The van der Waals surface area contributed by atoms with Gasteiger partial charge in [-0.15, -0.1) is 11.8 Å². The van der Waals surface area contributed by atoms with E-state index in [2.05, 4.69) is 24.4 Å². The molecule has 4 heteroatoms. The average molecular weight is 252 g/mol. The highest BCUT2D eigenvalue weighted by atomic mass is 32.2. The third-order valence-electron chi connectivity index (χ3n) is 2.39. The lowest BCUT2D eigenvalue weighted by molar-refractivity contribution is -0.117. The Hall–Kier alpha value is -1.00. The molecule has 0 fully saturated rings. The molecule has 0 aliphatic heterocycles. The van der Waals surface area contributed by atoms with Gasteiger partial charge in [-0.2, -0.15) is 0 Å². The van der Waals surface area contributed by atoms with Gasteiger partial charge in [0.15, 0.2) is 0 Å². The number of hydrogen-bond acceptors (Lipinski definition) is 3. The number of benzene rings is 1. The Morgan fingerprint density at radius 2 is 2.06 bits per heavy atom. The quantitative estimate of drug-likeness (QED) is 0.577. The number of amides is 1. The van der Waals surface area contributed by atoms with Crippen molar-refractivity contribution >= 4 is 17.7 Å². The van der Waals surface area contributed by atoms with Crippen molar-refractivity contribution in [2.45, 2.75) is 37.0 Å². The lowest BCUT2D eigenvalue weighted by atomic mass is 10.2. The number of hydrogen-bond donors (Lipinski definition) is 2. The van der Waals surface area contributed by atoms with Crippen LogP contribution in [-0.4, -0.2) is 17.7 Å². The summed E-state index contributed by atoms with van der Waals surface area (Å²) in [4.78, 5) is 12.0. The largest absolute Gasteiger partial charge is 0.369 e. The monoisotopic (exact) mass is 252 g/mol. The van der Waals surface area contributed by atoms with Crippen molar-refractivity contribution in [3.05, 3.63) is 29.8 Å². The fourth-order valence-electron chi connectivity index (χ4n) is 1.36. The van der Waals surface area contributed by atoms with Crippen LogP contribution in [0.15, 0.2) is 29.2 Å². The van der Waals surface area contributed by atoms with Crippen molar-refractivity contribution in [1.29, 1.82) is 0 Å². The predicted octanol–water partition coefficient (Wildman–Crippen LogP) is 2.15. The van der Waals surface area contributed by atoms with Gasteiger partial charge >= 0.3 is 0 Å². The zero-order valence-electron chi connectivity index (χ0n) is 10.4. The number of rotatable bonds is 7. The van der Waals surface area contributed by atoms with Gasteiger partial charge in [0, 0.05) is 11.4 Å². The maximum Gasteiger partial charge on any atom is 0.230 e. The number of thioether (sulfide) groups is 1. The Bertz CT molecular complexity index is 351. The minimum Gasteiger partial charge on any atom is -0.369 e. The van der Waals surface area contributed by atoms with Crippen LogP contribution >= 0.6 is 11.8 Å². The summed E-state index contributed by atoms with van der Waals surface area (Å²) in [5, 5.41) is 3.17. The Morgan fingerprint density at radius 3 is 2.59 bits per heavy atom. The molecule has 0 saturated carbocycles. The number of carbonyl (C=O) groups excluding carboxylic acids is 1. The minimum absolute atomic E-state index is 0.181. The number of nitrogens with one attached hydrogen (secondary N) is 1. The first-order valence-electron chi connectivity index (χ1n) is 5.89. The van der Waals surface area contributed by atoms with Crippen molar-refractivity contribution < 1.29 is 4.79 Å². The Morgan fingerprint density at radius 1 is 1.41 bits per heavy atom. The second kappa shape index (κ2) is 7.35. The van der Waals surface area contributed by atoms with Crippen molar-refractivity contribution in [3.63, 3.8) is 0 Å². The molecule has 3 nitrogen and oxygen atoms in total. The number of carbonyl (C=O) groups is 1. The highest BCUT2D eigenvalue weighted by Gasteiger charge is 2.09. The molecular formula is C13H20N2OS. The normalized spacial score (nSPS) is 12.4. The molecule has 94 valence electrons. The van der Waals surface area contributed by atoms with Crippen LogP contribution in [0, 0.1) is 0 Å². The molecule has 0 saturated heterocycles. The van der Waals surface area contributed by atoms with Gasteiger partial charge in [0.2, 0.25) is 5.91 Å². The van der Waals surface area contributed by atoms with Gasteiger partial charge < -0.3 is 11.1 Å². The van der Waals surface area contributed by atoms with Gasteiger partial charge in [-0.1, -0.05) is 19.1 Å². The summed E-state index contributed by atoms with van der Waals surface area (Å²) in [6.45, 7) is 5.90. The molecule has 1 unspecified atom stereocenters. The van der Waals surface area contributed by atoms with E-state index in [1.54, 1.807) is 0 Å². The third-order valence-corrected chi connectivity index (χ3v) is 3.52. The molecule has 3 N–H and O–H groups in total. The van der Waals surface area contributed by atoms with E-state index in [0.29, 0.717) is 0 Å². The molecule has 0 heterocycles. The van der Waals surface area contributed by atoms with Gasteiger partial charge in [-0.25, -0.2) is 0 Å². The highest BCUT2D eigenvalue weighted by molar-refractivity contribution is 8.00. The zero-order valence-corrected chi connectivity index (χ0v) is 11.2. The molecule has 0 radical (unpaired) electrons. The summed E-state index contributed by atoms with van der Waals surface area (Å²) < 4.78 is 0. The van der Waals surface area contributed by atoms with Crippen LogP contribution in [0.3, 0.4) is 0 Å². The first-order chi connectivity index (χ1) is 8.13. The van der Waals surface area contributed by atoms with E-state index in [1.807, 2.05) is 19.1 Å². The SMILES string of the molecule is CCCNCc1ccc(SC(C)C(N)=O)cc1. The summed E-state index contributed by atoms with van der Waals surface area (Å²) in [6, 6.07) is 8.23. The van der Waals surface area contributed by atoms with Gasteiger partial charge in [-0.05, 0) is 37.6 Å². The summed E-state index contributed by atoms with van der Waals surface area (Å²) in [6.07, 6.45) is 1.14. The molecule has 0 bridgehead atoms. The van der Waals surface area contributed by atoms with Crippen LogP contribution in [0.5, 0.6) is 0 Å². The van der Waals surface area contributed by atoms with Crippen LogP contribution in [0.1, 0.15) is 25.8 Å². The number of nitrogens with two attached hydrogens (primary N) is 1. The Labute approximate surface area is 107 Å². The van der Waals surface area contributed by atoms with Crippen molar-refractivity contribution in [2.75, 3.05) is 6.54 Å².